The van der Waals surface area contributed by atoms with Crippen LogP contribution in [0.25, 0.3) is 0 Å². The summed E-state index contributed by atoms with van der Waals surface area (Å²) in [6, 6.07) is 3.19. The van der Waals surface area contributed by atoms with E-state index < -0.39 is 5.91 Å². The molecule has 5 N–H and O–H groups in total. The average molecular weight is 282 g/mol. The highest BCUT2D eigenvalue weighted by atomic mass is 35.5. The number of primary amides is 1. The molecule has 4 nitrogen and oxygen atoms in total. The van der Waals surface area contributed by atoms with Gasteiger partial charge in [-0.25, -0.2) is 0 Å². The molecule has 1 saturated carbocycles. The molecule has 0 unspecified atom stereocenters. The van der Waals surface area contributed by atoms with Crippen LogP contribution in [0.2, 0.25) is 5.02 Å². The van der Waals surface area contributed by atoms with Gasteiger partial charge in [-0.3, -0.25) is 4.79 Å². The van der Waals surface area contributed by atoms with Crippen molar-refractivity contribution in [1.82, 2.24) is 0 Å². The predicted octanol–water partition coefficient (Wildman–Crippen LogP) is 3.01. The molecule has 0 bridgehead atoms. The zero-order chi connectivity index (χ0) is 13.8. The molecule has 1 aliphatic carbocycles. The van der Waals surface area contributed by atoms with Crippen molar-refractivity contribution in [2.24, 2.45) is 11.7 Å². The van der Waals surface area contributed by atoms with Gasteiger partial charge in [-0.15, -0.1) is 0 Å². The van der Waals surface area contributed by atoms with Crippen molar-refractivity contribution < 1.29 is 4.79 Å². The summed E-state index contributed by atoms with van der Waals surface area (Å²) in [6.45, 7) is 0.800. The fourth-order valence-electron chi connectivity index (χ4n) is 2.70. The van der Waals surface area contributed by atoms with Crippen LogP contribution in [0.1, 0.15) is 42.5 Å². The van der Waals surface area contributed by atoms with Gasteiger partial charge in [-0.05, 0) is 24.5 Å². The minimum Gasteiger partial charge on any atom is -0.399 e. The summed E-state index contributed by atoms with van der Waals surface area (Å²) in [5.41, 5.74) is 12.4. The zero-order valence-corrected chi connectivity index (χ0v) is 11.7. The average Bonchev–Trinajstić information content (AvgIpc) is 2.84. The van der Waals surface area contributed by atoms with E-state index in [0.717, 1.165) is 18.9 Å². The quantitative estimate of drug-likeness (QED) is 0.726. The van der Waals surface area contributed by atoms with Gasteiger partial charge >= 0.3 is 0 Å². The number of carbonyl (C=O) groups excluding carboxylic acids is 1. The van der Waals surface area contributed by atoms with Crippen LogP contribution in [0, 0.1) is 5.92 Å². The summed E-state index contributed by atoms with van der Waals surface area (Å²) >= 11 is 6.12. The number of anilines is 2. The predicted molar refractivity (Wildman–Crippen MR) is 79.4 cm³/mol. The maximum Gasteiger partial charge on any atom is 0.250 e. The number of hydrogen-bond donors (Lipinski definition) is 3. The minimum absolute atomic E-state index is 0.358. The minimum atomic E-state index is -0.516. The Kier molecular flexibility index (Phi) is 4.53. The van der Waals surface area contributed by atoms with Crippen LogP contribution in [-0.2, 0) is 0 Å². The van der Waals surface area contributed by atoms with E-state index in [0.29, 0.717) is 22.0 Å². The summed E-state index contributed by atoms with van der Waals surface area (Å²) < 4.78 is 0. The first-order chi connectivity index (χ1) is 9.08. The summed E-state index contributed by atoms with van der Waals surface area (Å²) in [5, 5.41) is 3.67. The number of rotatable bonds is 5. The number of nitrogen functional groups attached to an aromatic ring is 1. The Morgan fingerprint density at radius 2 is 2.05 bits per heavy atom. The number of benzene rings is 1. The third-order valence-corrected chi connectivity index (χ3v) is 4.01. The smallest absolute Gasteiger partial charge is 0.250 e. The first kappa shape index (κ1) is 14.0. The van der Waals surface area contributed by atoms with Gasteiger partial charge in [0.15, 0.2) is 0 Å². The van der Waals surface area contributed by atoms with Gasteiger partial charge in [-0.2, -0.15) is 0 Å². The fourth-order valence-corrected chi connectivity index (χ4v) is 3.00. The summed E-state index contributed by atoms with van der Waals surface area (Å²) in [4.78, 5) is 11.4. The maximum atomic E-state index is 11.4. The van der Waals surface area contributed by atoms with Gasteiger partial charge < -0.3 is 16.8 Å². The van der Waals surface area contributed by atoms with Crippen molar-refractivity contribution in [2.75, 3.05) is 17.6 Å². The topological polar surface area (TPSA) is 81.1 Å². The van der Waals surface area contributed by atoms with Crippen LogP contribution in [0.4, 0.5) is 11.4 Å². The molecule has 1 aromatic carbocycles. The van der Waals surface area contributed by atoms with E-state index in [1.54, 1.807) is 12.1 Å². The Hall–Kier alpha value is -1.42. The largest absolute Gasteiger partial charge is 0.399 e. The number of carbonyl (C=O) groups is 1. The molecule has 1 aromatic rings. The third kappa shape index (κ3) is 3.53. The molecule has 19 heavy (non-hydrogen) atoms. The van der Waals surface area contributed by atoms with E-state index in [4.69, 9.17) is 23.1 Å². The molecular weight excluding hydrogens is 262 g/mol. The molecule has 1 amide bonds. The molecule has 5 heteroatoms. The molecule has 1 fully saturated rings. The Labute approximate surface area is 118 Å². The SMILES string of the molecule is NC(=O)c1cc(N)cc(Cl)c1NCCC1CCCC1. The first-order valence-electron chi connectivity index (χ1n) is 6.70. The highest BCUT2D eigenvalue weighted by Gasteiger charge is 2.16. The highest BCUT2D eigenvalue weighted by Crippen LogP contribution is 2.31. The standard InChI is InChI=1S/C14H20ClN3O/c15-12-8-10(16)7-11(14(17)19)13(12)18-6-5-9-3-1-2-4-9/h7-9,18H,1-6,16H2,(H2,17,19). The van der Waals surface area contributed by atoms with E-state index in [1.807, 2.05) is 0 Å². The van der Waals surface area contributed by atoms with Crippen molar-refractivity contribution in [3.63, 3.8) is 0 Å². The number of nitrogens with one attached hydrogen (secondary N) is 1. The molecule has 0 atom stereocenters. The van der Waals surface area contributed by atoms with Gasteiger partial charge in [0.05, 0.1) is 16.3 Å². The Morgan fingerprint density at radius 3 is 2.68 bits per heavy atom. The molecule has 104 valence electrons. The van der Waals surface area contributed by atoms with E-state index in [2.05, 4.69) is 5.32 Å². The van der Waals surface area contributed by atoms with Crippen LogP contribution in [0.15, 0.2) is 12.1 Å². The van der Waals surface area contributed by atoms with Gasteiger partial charge in [0.2, 0.25) is 0 Å². The van der Waals surface area contributed by atoms with Crippen molar-refractivity contribution in [2.45, 2.75) is 32.1 Å². The van der Waals surface area contributed by atoms with Crippen LogP contribution >= 0.6 is 11.6 Å². The molecular formula is C14H20ClN3O. The first-order valence-corrected chi connectivity index (χ1v) is 7.08. The van der Waals surface area contributed by atoms with Gasteiger partial charge in [0.1, 0.15) is 0 Å². The number of hydrogen-bond acceptors (Lipinski definition) is 3. The van der Waals surface area contributed by atoms with Crippen LogP contribution < -0.4 is 16.8 Å². The molecule has 0 aliphatic heterocycles. The molecule has 2 rings (SSSR count). The summed E-state index contributed by atoms with van der Waals surface area (Å²) in [7, 11) is 0. The fraction of sp³-hybridized carbons (Fsp3) is 0.500. The molecule has 0 aromatic heterocycles. The third-order valence-electron chi connectivity index (χ3n) is 3.71. The number of halogens is 1. The normalized spacial score (nSPS) is 15.6. The lowest BCUT2D eigenvalue weighted by Crippen LogP contribution is -2.16. The Morgan fingerprint density at radius 1 is 1.37 bits per heavy atom. The van der Waals surface area contributed by atoms with Gasteiger partial charge in [0.25, 0.3) is 5.91 Å². The van der Waals surface area contributed by atoms with E-state index in [1.165, 1.54) is 25.7 Å². The van der Waals surface area contributed by atoms with Crippen LogP contribution in [0.5, 0.6) is 0 Å². The summed E-state index contributed by atoms with van der Waals surface area (Å²) in [6.07, 6.45) is 6.37. The number of nitrogens with two attached hydrogens (primary N) is 2. The van der Waals surface area contributed by atoms with Crippen molar-refractivity contribution in [1.29, 1.82) is 0 Å². The second-order valence-corrected chi connectivity index (χ2v) is 5.56. The monoisotopic (exact) mass is 281 g/mol. The maximum absolute atomic E-state index is 11.4. The van der Waals surface area contributed by atoms with E-state index in [-0.39, 0.29) is 0 Å². The molecule has 1 aliphatic rings. The second-order valence-electron chi connectivity index (χ2n) is 5.16. The van der Waals surface area contributed by atoms with Crippen LogP contribution in [0.3, 0.4) is 0 Å². The van der Waals surface area contributed by atoms with Gasteiger partial charge in [-0.1, -0.05) is 37.3 Å². The van der Waals surface area contributed by atoms with E-state index in [9.17, 15) is 4.79 Å². The molecule has 0 heterocycles. The molecule has 0 spiro atoms. The van der Waals surface area contributed by atoms with Crippen molar-refractivity contribution in [3.8, 4) is 0 Å². The molecule has 0 saturated heterocycles. The zero-order valence-electron chi connectivity index (χ0n) is 10.9. The van der Waals surface area contributed by atoms with Crippen molar-refractivity contribution >= 4 is 28.9 Å². The lowest BCUT2D eigenvalue weighted by molar-refractivity contribution is 0.100. The lowest BCUT2D eigenvalue weighted by atomic mass is 10.0. The number of amides is 1. The second kappa shape index (κ2) is 6.15. The van der Waals surface area contributed by atoms with Crippen molar-refractivity contribution in [3.05, 3.63) is 22.7 Å². The summed E-state index contributed by atoms with van der Waals surface area (Å²) in [5.74, 6) is 0.273. The van der Waals surface area contributed by atoms with E-state index >= 15 is 0 Å². The van der Waals surface area contributed by atoms with Crippen LogP contribution in [-0.4, -0.2) is 12.5 Å². The Bertz CT molecular complexity index is 470. The Balaban J connectivity index is 2.03. The van der Waals surface area contributed by atoms with Gasteiger partial charge in [0, 0.05) is 12.2 Å². The lowest BCUT2D eigenvalue weighted by Gasteiger charge is -2.15. The molecule has 0 radical (unpaired) electrons. The highest BCUT2D eigenvalue weighted by molar-refractivity contribution is 6.34.